The summed E-state index contributed by atoms with van der Waals surface area (Å²) in [7, 11) is 0. The summed E-state index contributed by atoms with van der Waals surface area (Å²) in [6.45, 7) is 9.04. The zero-order valence-electron chi connectivity index (χ0n) is 13.7. The van der Waals surface area contributed by atoms with Crippen LogP contribution in [-0.2, 0) is 14.2 Å². The van der Waals surface area contributed by atoms with Crippen molar-refractivity contribution in [2.24, 2.45) is 5.92 Å². The number of likely N-dealkylation sites (N-methyl/N-ethyl adjacent to an activating group) is 1. The van der Waals surface area contributed by atoms with Crippen molar-refractivity contribution < 1.29 is 14.2 Å². The maximum atomic E-state index is 6.21. The average Bonchev–Trinajstić information content (AvgIpc) is 2.93. The molecular weight excluding hydrogens is 266 g/mol. The van der Waals surface area contributed by atoms with Gasteiger partial charge in [0.2, 0.25) is 0 Å². The van der Waals surface area contributed by atoms with Gasteiger partial charge < -0.3 is 19.5 Å². The predicted molar refractivity (Wildman–Crippen MR) is 82.5 cm³/mol. The highest BCUT2D eigenvalue weighted by Crippen LogP contribution is 2.42. The molecule has 3 saturated heterocycles. The Bertz CT molecular complexity index is 329. The summed E-state index contributed by atoms with van der Waals surface area (Å²) >= 11 is 0. The van der Waals surface area contributed by atoms with Crippen molar-refractivity contribution in [2.45, 2.75) is 69.6 Å². The molecule has 0 aromatic rings. The van der Waals surface area contributed by atoms with Gasteiger partial charge in [-0.25, -0.2) is 0 Å². The molecule has 3 aliphatic heterocycles. The van der Waals surface area contributed by atoms with Crippen molar-refractivity contribution in [3.8, 4) is 0 Å². The second kappa shape index (κ2) is 6.53. The first-order valence-electron chi connectivity index (χ1n) is 8.77. The molecule has 3 heterocycles. The molecule has 0 aromatic heterocycles. The van der Waals surface area contributed by atoms with Gasteiger partial charge in [0.15, 0.2) is 0 Å². The van der Waals surface area contributed by atoms with Gasteiger partial charge in [-0.3, -0.25) is 0 Å². The highest BCUT2D eigenvalue weighted by Gasteiger charge is 2.47. The van der Waals surface area contributed by atoms with Gasteiger partial charge in [0.25, 0.3) is 0 Å². The van der Waals surface area contributed by atoms with Crippen LogP contribution >= 0.6 is 0 Å². The third kappa shape index (κ3) is 3.29. The SMILES string of the molecule is CCNC(C1CCOC2(CCOCC2)C1)C1(C)CCCO1. The lowest BCUT2D eigenvalue weighted by Crippen LogP contribution is -2.57. The Balaban J connectivity index is 1.72. The maximum Gasteiger partial charge on any atom is 0.0810 e. The molecule has 3 atom stereocenters. The fourth-order valence-electron chi connectivity index (χ4n) is 4.59. The van der Waals surface area contributed by atoms with Gasteiger partial charge in [0.1, 0.15) is 0 Å². The van der Waals surface area contributed by atoms with Gasteiger partial charge >= 0.3 is 0 Å². The van der Waals surface area contributed by atoms with Crippen LogP contribution in [0.2, 0.25) is 0 Å². The van der Waals surface area contributed by atoms with E-state index < -0.39 is 0 Å². The minimum atomic E-state index is 0.00434. The topological polar surface area (TPSA) is 39.7 Å². The lowest BCUT2D eigenvalue weighted by atomic mass is 9.73. The van der Waals surface area contributed by atoms with Crippen molar-refractivity contribution in [3.05, 3.63) is 0 Å². The number of ether oxygens (including phenoxy) is 3. The van der Waals surface area contributed by atoms with Gasteiger partial charge in [-0.05, 0) is 57.9 Å². The van der Waals surface area contributed by atoms with E-state index in [9.17, 15) is 0 Å². The first-order valence-corrected chi connectivity index (χ1v) is 8.77. The molecule has 1 spiro atoms. The van der Waals surface area contributed by atoms with Crippen LogP contribution in [0.15, 0.2) is 0 Å². The van der Waals surface area contributed by atoms with Crippen LogP contribution in [-0.4, -0.2) is 50.2 Å². The van der Waals surface area contributed by atoms with Crippen molar-refractivity contribution in [3.63, 3.8) is 0 Å². The molecular formula is C17H31NO3. The van der Waals surface area contributed by atoms with Crippen LogP contribution in [0.25, 0.3) is 0 Å². The lowest BCUT2D eigenvalue weighted by molar-refractivity contribution is -0.159. The van der Waals surface area contributed by atoms with Crippen LogP contribution in [0.1, 0.15) is 52.4 Å². The number of nitrogens with one attached hydrogen (secondary N) is 1. The monoisotopic (exact) mass is 297 g/mol. The zero-order valence-corrected chi connectivity index (χ0v) is 13.7. The van der Waals surface area contributed by atoms with Gasteiger partial charge in [0, 0.05) is 32.5 Å². The van der Waals surface area contributed by atoms with E-state index in [1.165, 1.54) is 12.8 Å². The predicted octanol–water partition coefficient (Wildman–Crippen LogP) is 2.51. The molecule has 0 aromatic carbocycles. The molecule has 0 aliphatic carbocycles. The van der Waals surface area contributed by atoms with Gasteiger partial charge in [-0.1, -0.05) is 6.92 Å². The van der Waals surface area contributed by atoms with Crippen LogP contribution in [0.4, 0.5) is 0 Å². The van der Waals surface area contributed by atoms with Gasteiger partial charge in [-0.15, -0.1) is 0 Å². The fourth-order valence-corrected chi connectivity index (χ4v) is 4.59. The quantitative estimate of drug-likeness (QED) is 0.865. The van der Waals surface area contributed by atoms with Crippen LogP contribution in [0.5, 0.6) is 0 Å². The molecule has 0 amide bonds. The second-order valence-corrected chi connectivity index (χ2v) is 7.20. The van der Waals surface area contributed by atoms with Gasteiger partial charge in [0.05, 0.1) is 11.2 Å². The van der Waals surface area contributed by atoms with E-state index in [-0.39, 0.29) is 11.2 Å². The highest BCUT2D eigenvalue weighted by atomic mass is 16.5. The Labute approximate surface area is 128 Å². The normalized spacial score (nSPS) is 37.7. The number of rotatable bonds is 4. The summed E-state index contributed by atoms with van der Waals surface area (Å²) in [5.74, 6) is 0.653. The van der Waals surface area contributed by atoms with Crippen LogP contribution in [0.3, 0.4) is 0 Å². The molecule has 122 valence electrons. The first kappa shape index (κ1) is 15.7. The van der Waals surface area contributed by atoms with E-state index >= 15 is 0 Å². The van der Waals surface area contributed by atoms with E-state index in [2.05, 4.69) is 19.2 Å². The molecule has 1 N–H and O–H groups in total. The standard InChI is InChI=1S/C17H31NO3/c1-3-18-15(16(2)6-4-9-20-16)14-5-10-21-17(13-14)7-11-19-12-8-17/h14-15,18H,3-13H2,1-2H3. The summed E-state index contributed by atoms with van der Waals surface area (Å²) in [5, 5.41) is 3.74. The molecule has 3 rings (SSSR count). The minimum absolute atomic E-state index is 0.00434. The summed E-state index contributed by atoms with van der Waals surface area (Å²) in [6.07, 6.45) is 6.80. The van der Waals surface area contributed by atoms with E-state index in [0.29, 0.717) is 12.0 Å². The van der Waals surface area contributed by atoms with E-state index in [4.69, 9.17) is 14.2 Å². The maximum absolute atomic E-state index is 6.21. The van der Waals surface area contributed by atoms with E-state index in [0.717, 1.165) is 58.7 Å². The molecule has 4 nitrogen and oxygen atoms in total. The number of hydrogen-bond acceptors (Lipinski definition) is 4. The zero-order chi connectivity index (χ0) is 14.8. The summed E-state index contributed by atoms with van der Waals surface area (Å²) in [4.78, 5) is 0. The Hall–Kier alpha value is -0.160. The van der Waals surface area contributed by atoms with Crippen molar-refractivity contribution >= 4 is 0 Å². The summed E-state index contributed by atoms with van der Waals surface area (Å²) in [6, 6.07) is 0.452. The average molecular weight is 297 g/mol. The van der Waals surface area contributed by atoms with Crippen LogP contribution in [0, 0.1) is 5.92 Å². The van der Waals surface area contributed by atoms with Crippen molar-refractivity contribution in [1.29, 1.82) is 0 Å². The molecule has 0 saturated carbocycles. The Morgan fingerprint density at radius 1 is 1.10 bits per heavy atom. The smallest absolute Gasteiger partial charge is 0.0810 e. The van der Waals surface area contributed by atoms with Crippen LogP contribution < -0.4 is 5.32 Å². The molecule has 0 bridgehead atoms. The third-order valence-corrected chi connectivity index (χ3v) is 5.74. The second-order valence-electron chi connectivity index (χ2n) is 7.20. The Morgan fingerprint density at radius 3 is 2.57 bits per heavy atom. The Kier molecular flexibility index (Phi) is 4.89. The van der Waals surface area contributed by atoms with Crippen molar-refractivity contribution in [1.82, 2.24) is 5.32 Å². The lowest BCUT2D eigenvalue weighted by Gasteiger charge is -2.48. The molecule has 4 heteroatoms. The highest BCUT2D eigenvalue weighted by molar-refractivity contribution is 5.00. The number of hydrogen-bond donors (Lipinski definition) is 1. The first-order chi connectivity index (χ1) is 10.2. The third-order valence-electron chi connectivity index (χ3n) is 5.74. The summed E-state index contributed by atoms with van der Waals surface area (Å²) in [5.41, 5.74) is 0.0776. The molecule has 3 unspecified atom stereocenters. The molecule has 3 fully saturated rings. The van der Waals surface area contributed by atoms with E-state index in [1.807, 2.05) is 0 Å². The molecule has 0 radical (unpaired) electrons. The fraction of sp³-hybridized carbons (Fsp3) is 1.00. The van der Waals surface area contributed by atoms with E-state index in [1.54, 1.807) is 0 Å². The largest absolute Gasteiger partial charge is 0.381 e. The van der Waals surface area contributed by atoms with Crippen molar-refractivity contribution in [2.75, 3.05) is 33.0 Å². The molecule has 21 heavy (non-hydrogen) atoms. The molecule has 3 aliphatic rings. The minimum Gasteiger partial charge on any atom is -0.381 e. The summed E-state index contributed by atoms with van der Waals surface area (Å²) < 4.78 is 17.9. The van der Waals surface area contributed by atoms with Gasteiger partial charge in [-0.2, -0.15) is 0 Å². The Morgan fingerprint density at radius 2 is 1.90 bits per heavy atom.